The third-order valence-electron chi connectivity index (χ3n) is 2.81. The van der Waals surface area contributed by atoms with E-state index in [2.05, 4.69) is 5.32 Å². The van der Waals surface area contributed by atoms with Gasteiger partial charge in [0.05, 0.1) is 15.6 Å². The van der Waals surface area contributed by atoms with Crippen LogP contribution < -0.4 is 10.1 Å². The van der Waals surface area contributed by atoms with E-state index < -0.39 is 21.6 Å². The van der Waals surface area contributed by atoms with Crippen LogP contribution in [0.2, 0.25) is 5.02 Å². The highest BCUT2D eigenvalue weighted by Crippen LogP contribution is 2.25. The van der Waals surface area contributed by atoms with Gasteiger partial charge in [-0.25, -0.2) is 12.8 Å². The summed E-state index contributed by atoms with van der Waals surface area (Å²) < 4.78 is 41.2. The molecular formula is C15H13ClFNO4S. The first-order valence-corrected chi connectivity index (χ1v) is 8.70. The first kappa shape index (κ1) is 17.2. The Morgan fingerprint density at radius 2 is 2.00 bits per heavy atom. The van der Waals surface area contributed by atoms with Gasteiger partial charge in [0, 0.05) is 12.3 Å². The molecule has 122 valence electrons. The molecule has 2 rings (SSSR count). The van der Waals surface area contributed by atoms with E-state index >= 15 is 0 Å². The third kappa shape index (κ3) is 4.94. The first-order chi connectivity index (χ1) is 10.8. The van der Waals surface area contributed by atoms with E-state index in [9.17, 15) is 17.6 Å². The van der Waals surface area contributed by atoms with E-state index in [1.54, 1.807) is 0 Å². The molecule has 8 heteroatoms. The first-order valence-electron chi connectivity index (χ1n) is 6.43. The molecule has 0 fully saturated rings. The van der Waals surface area contributed by atoms with Crippen molar-refractivity contribution in [2.24, 2.45) is 0 Å². The Bertz CT molecular complexity index is 839. The largest absolute Gasteiger partial charge is 0.484 e. The molecule has 0 aliphatic carbocycles. The van der Waals surface area contributed by atoms with Gasteiger partial charge in [-0.2, -0.15) is 0 Å². The monoisotopic (exact) mass is 357 g/mol. The molecule has 0 aliphatic heterocycles. The summed E-state index contributed by atoms with van der Waals surface area (Å²) in [6, 6.07) is 9.34. The van der Waals surface area contributed by atoms with Crippen molar-refractivity contribution < 1.29 is 22.3 Å². The molecule has 0 radical (unpaired) electrons. The van der Waals surface area contributed by atoms with Gasteiger partial charge in [0.25, 0.3) is 5.91 Å². The fourth-order valence-corrected chi connectivity index (χ4v) is 2.53. The Kier molecular flexibility index (Phi) is 5.23. The maximum Gasteiger partial charge on any atom is 0.262 e. The van der Waals surface area contributed by atoms with Crippen LogP contribution in [0.4, 0.5) is 10.1 Å². The quantitative estimate of drug-likeness (QED) is 0.893. The zero-order valence-electron chi connectivity index (χ0n) is 12.0. The normalized spacial score (nSPS) is 11.1. The van der Waals surface area contributed by atoms with Crippen molar-refractivity contribution in [2.75, 3.05) is 18.2 Å². The lowest BCUT2D eigenvalue weighted by Crippen LogP contribution is -2.20. The molecule has 5 nitrogen and oxygen atoms in total. The maximum absolute atomic E-state index is 13.0. The number of hydrogen-bond acceptors (Lipinski definition) is 4. The van der Waals surface area contributed by atoms with Crippen LogP contribution in [0.1, 0.15) is 0 Å². The molecule has 0 saturated carbocycles. The number of nitrogens with one attached hydrogen (secondary N) is 1. The number of carbonyl (C=O) groups is 1. The highest BCUT2D eigenvalue weighted by Gasteiger charge is 2.12. The van der Waals surface area contributed by atoms with Gasteiger partial charge in [0.15, 0.2) is 16.4 Å². The molecule has 0 saturated heterocycles. The van der Waals surface area contributed by atoms with Gasteiger partial charge in [-0.15, -0.1) is 0 Å². The summed E-state index contributed by atoms with van der Waals surface area (Å²) in [6.45, 7) is -0.372. The number of benzene rings is 2. The lowest BCUT2D eigenvalue weighted by atomic mass is 10.3. The van der Waals surface area contributed by atoms with Crippen molar-refractivity contribution in [1.82, 2.24) is 0 Å². The summed E-state index contributed by atoms with van der Waals surface area (Å²) in [7, 11) is -3.42. The minimum absolute atomic E-state index is 0.0308. The molecule has 2 aromatic carbocycles. The Labute approximate surface area is 138 Å². The van der Waals surface area contributed by atoms with Crippen LogP contribution in [-0.4, -0.2) is 27.2 Å². The van der Waals surface area contributed by atoms with E-state index in [1.165, 1.54) is 36.4 Å². The van der Waals surface area contributed by atoms with E-state index in [0.717, 1.165) is 12.3 Å². The molecule has 0 aliphatic rings. The molecule has 0 atom stereocenters. The Balaban J connectivity index is 2.05. The second-order valence-corrected chi connectivity index (χ2v) is 7.13. The Morgan fingerprint density at radius 1 is 1.26 bits per heavy atom. The van der Waals surface area contributed by atoms with Crippen LogP contribution in [0.5, 0.6) is 5.75 Å². The van der Waals surface area contributed by atoms with Gasteiger partial charge in [0.2, 0.25) is 0 Å². The lowest BCUT2D eigenvalue weighted by molar-refractivity contribution is -0.118. The molecule has 0 spiro atoms. The summed E-state index contributed by atoms with van der Waals surface area (Å²) in [5.74, 6) is -0.829. The average molecular weight is 358 g/mol. The number of halogens is 2. The number of carbonyl (C=O) groups excluding carboxylic acids is 1. The SMILES string of the molecule is CS(=O)(=O)c1ccc(Cl)c(NC(=O)COc2cccc(F)c2)c1. The van der Waals surface area contributed by atoms with E-state index in [0.29, 0.717) is 0 Å². The third-order valence-corrected chi connectivity index (χ3v) is 4.25. The van der Waals surface area contributed by atoms with Gasteiger partial charge < -0.3 is 10.1 Å². The van der Waals surface area contributed by atoms with Crippen LogP contribution in [0.15, 0.2) is 47.4 Å². The number of rotatable bonds is 5. The fourth-order valence-electron chi connectivity index (χ4n) is 1.72. The lowest BCUT2D eigenvalue weighted by Gasteiger charge is -2.10. The van der Waals surface area contributed by atoms with E-state index in [1.807, 2.05) is 0 Å². The fraction of sp³-hybridized carbons (Fsp3) is 0.133. The van der Waals surface area contributed by atoms with Crippen LogP contribution >= 0.6 is 11.6 Å². The molecule has 1 amide bonds. The number of hydrogen-bond donors (Lipinski definition) is 1. The summed E-state index contributed by atoms with van der Waals surface area (Å²) in [4.78, 5) is 11.9. The zero-order chi connectivity index (χ0) is 17.0. The molecule has 2 aromatic rings. The van der Waals surface area contributed by atoms with Crippen LogP contribution in [0.25, 0.3) is 0 Å². The molecular weight excluding hydrogens is 345 g/mol. The van der Waals surface area contributed by atoms with Gasteiger partial charge in [-0.1, -0.05) is 17.7 Å². The van der Waals surface area contributed by atoms with Crippen LogP contribution in [0, 0.1) is 5.82 Å². The summed E-state index contributed by atoms with van der Waals surface area (Å²) in [5.41, 5.74) is 0.155. The smallest absolute Gasteiger partial charge is 0.262 e. The highest BCUT2D eigenvalue weighted by atomic mass is 35.5. The maximum atomic E-state index is 13.0. The number of amides is 1. The van der Waals surface area contributed by atoms with E-state index in [4.69, 9.17) is 16.3 Å². The van der Waals surface area contributed by atoms with Crippen molar-refractivity contribution in [1.29, 1.82) is 0 Å². The number of ether oxygens (including phenoxy) is 1. The van der Waals surface area contributed by atoms with Crippen molar-refractivity contribution >= 4 is 33.0 Å². The van der Waals surface area contributed by atoms with Gasteiger partial charge >= 0.3 is 0 Å². The standard InChI is InChI=1S/C15H13ClFNO4S/c1-23(20,21)12-5-6-13(16)14(8-12)18-15(19)9-22-11-4-2-3-10(17)7-11/h2-8H,9H2,1H3,(H,18,19). The topological polar surface area (TPSA) is 72.5 Å². The molecule has 0 bridgehead atoms. The minimum Gasteiger partial charge on any atom is -0.484 e. The average Bonchev–Trinajstić information content (AvgIpc) is 2.46. The minimum atomic E-state index is -3.42. The Hall–Kier alpha value is -2.12. The molecule has 23 heavy (non-hydrogen) atoms. The van der Waals surface area contributed by atoms with E-state index in [-0.39, 0.29) is 28.0 Å². The molecule has 0 aromatic heterocycles. The zero-order valence-corrected chi connectivity index (χ0v) is 13.6. The number of anilines is 1. The van der Waals surface area contributed by atoms with Crippen molar-refractivity contribution in [2.45, 2.75) is 4.90 Å². The number of sulfone groups is 1. The molecule has 0 unspecified atom stereocenters. The molecule has 1 N–H and O–H groups in total. The summed E-state index contributed by atoms with van der Waals surface area (Å²) >= 11 is 5.93. The second kappa shape index (κ2) is 6.97. The van der Waals surface area contributed by atoms with Crippen molar-refractivity contribution in [3.63, 3.8) is 0 Å². The predicted octanol–water partition coefficient (Wildman–Crippen LogP) is 2.90. The van der Waals surface area contributed by atoms with Gasteiger partial charge in [0.1, 0.15) is 11.6 Å². The summed E-state index contributed by atoms with van der Waals surface area (Å²) in [6.07, 6.45) is 1.05. The van der Waals surface area contributed by atoms with Crippen molar-refractivity contribution in [3.8, 4) is 5.75 Å². The highest BCUT2D eigenvalue weighted by molar-refractivity contribution is 7.90. The van der Waals surface area contributed by atoms with Crippen LogP contribution in [0.3, 0.4) is 0 Å². The van der Waals surface area contributed by atoms with Gasteiger partial charge in [-0.3, -0.25) is 4.79 Å². The Morgan fingerprint density at radius 3 is 2.65 bits per heavy atom. The summed E-state index contributed by atoms with van der Waals surface area (Å²) in [5, 5.41) is 2.64. The predicted molar refractivity (Wildman–Crippen MR) is 85.1 cm³/mol. The second-order valence-electron chi connectivity index (χ2n) is 4.71. The van der Waals surface area contributed by atoms with Crippen LogP contribution in [-0.2, 0) is 14.6 Å². The molecule has 0 heterocycles. The van der Waals surface area contributed by atoms with Gasteiger partial charge in [-0.05, 0) is 30.3 Å². The van der Waals surface area contributed by atoms with Crippen molar-refractivity contribution in [3.05, 3.63) is 53.3 Å².